The van der Waals surface area contributed by atoms with Crippen LogP contribution in [0, 0.1) is 17.0 Å². The molecule has 3 rings (SSSR count). The van der Waals surface area contributed by atoms with E-state index in [0.717, 1.165) is 11.1 Å². The summed E-state index contributed by atoms with van der Waals surface area (Å²) in [6.07, 6.45) is 0.358. The van der Waals surface area contributed by atoms with Gasteiger partial charge in [0.05, 0.1) is 29.9 Å². The molecule has 1 amide bonds. The molecule has 9 heteroatoms. The summed E-state index contributed by atoms with van der Waals surface area (Å²) in [7, 11) is 1.43. The van der Waals surface area contributed by atoms with Gasteiger partial charge < -0.3 is 14.2 Å². The first-order valence-electron chi connectivity index (χ1n) is 10.5. The lowest BCUT2D eigenvalue weighted by molar-refractivity contribution is -0.385. The van der Waals surface area contributed by atoms with Crippen molar-refractivity contribution in [1.29, 1.82) is 0 Å². The standard InChI is InChI=1S/C25H25N3O6/c1-17-9-7-8-12-22(17)34-18(2)25(29)27-26-15-20-13-23(32-3)24(14-21(20)28(30)31)33-16-19-10-5-4-6-11-19/h4-15,18H,16H2,1-3H3,(H,27,29). The molecule has 0 saturated heterocycles. The average Bonchev–Trinajstić information content (AvgIpc) is 2.84. The van der Waals surface area contributed by atoms with Crippen molar-refractivity contribution in [2.45, 2.75) is 26.6 Å². The van der Waals surface area contributed by atoms with Gasteiger partial charge in [-0.1, -0.05) is 48.5 Å². The van der Waals surface area contributed by atoms with Crippen LogP contribution in [0.1, 0.15) is 23.6 Å². The molecule has 0 aliphatic rings. The lowest BCUT2D eigenvalue weighted by Gasteiger charge is -2.14. The molecule has 0 aliphatic carbocycles. The number of para-hydroxylation sites is 1. The van der Waals surface area contributed by atoms with Gasteiger partial charge in [0.15, 0.2) is 17.6 Å². The number of nitrogens with one attached hydrogen (secondary N) is 1. The molecule has 9 nitrogen and oxygen atoms in total. The first-order valence-corrected chi connectivity index (χ1v) is 10.5. The summed E-state index contributed by atoms with van der Waals surface area (Å²) in [5, 5.41) is 15.5. The van der Waals surface area contributed by atoms with Gasteiger partial charge in [-0.25, -0.2) is 5.43 Å². The minimum atomic E-state index is -0.823. The van der Waals surface area contributed by atoms with Crippen LogP contribution in [0.2, 0.25) is 0 Å². The van der Waals surface area contributed by atoms with Crippen molar-refractivity contribution in [1.82, 2.24) is 5.43 Å². The van der Waals surface area contributed by atoms with Crippen molar-refractivity contribution in [3.05, 3.63) is 93.5 Å². The quantitative estimate of drug-likeness (QED) is 0.271. The van der Waals surface area contributed by atoms with Crippen molar-refractivity contribution >= 4 is 17.8 Å². The number of hydrogen-bond donors (Lipinski definition) is 1. The van der Waals surface area contributed by atoms with Crippen LogP contribution in [0.3, 0.4) is 0 Å². The van der Waals surface area contributed by atoms with Gasteiger partial charge >= 0.3 is 0 Å². The maximum absolute atomic E-state index is 12.3. The average molecular weight is 463 g/mol. The van der Waals surface area contributed by atoms with E-state index < -0.39 is 16.9 Å². The predicted octanol–water partition coefficient (Wildman–Crippen LogP) is 4.41. The molecule has 1 N–H and O–H groups in total. The van der Waals surface area contributed by atoms with Crippen molar-refractivity contribution in [2.75, 3.05) is 7.11 Å². The summed E-state index contributed by atoms with van der Waals surface area (Å²) in [5.41, 5.74) is 4.04. The number of hydrazone groups is 1. The Morgan fingerprint density at radius 3 is 2.47 bits per heavy atom. The lowest BCUT2D eigenvalue weighted by atomic mass is 10.1. The number of carbonyl (C=O) groups excluding carboxylic acids is 1. The minimum Gasteiger partial charge on any atom is -0.493 e. The van der Waals surface area contributed by atoms with Crippen molar-refractivity contribution < 1.29 is 23.9 Å². The van der Waals surface area contributed by atoms with Crippen LogP contribution >= 0.6 is 0 Å². The summed E-state index contributed by atoms with van der Waals surface area (Å²) < 4.78 is 16.7. The Hall–Kier alpha value is -4.40. The van der Waals surface area contributed by atoms with E-state index in [0.29, 0.717) is 11.5 Å². The maximum Gasteiger partial charge on any atom is 0.282 e. The number of methoxy groups -OCH3 is 1. The molecule has 0 fully saturated rings. The van der Waals surface area contributed by atoms with Crippen LogP contribution in [0.5, 0.6) is 17.2 Å². The van der Waals surface area contributed by atoms with Gasteiger partial charge in [0.25, 0.3) is 11.6 Å². The van der Waals surface area contributed by atoms with Gasteiger partial charge in [0.1, 0.15) is 12.4 Å². The third kappa shape index (κ3) is 6.32. The highest BCUT2D eigenvalue weighted by atomic mass is 16.6. The van der Waals surface area contributed by atoms with Crippen LogP contribution < -0.4 is 19.6 Å². The molecule has 0 radical (unpaired) electrons. The SMILES string of the molecule is COc1cc(C=NNC(=O)C(C)Oc2ccccc2C)c([N+](=O)[O-])cc1OCc1ccccc1. The second kappa shape index (κ2) is 11.5. The number of hydrogen-bond acceptors (Lipinski definition) is 7. The number of ether oxygens (including phenoxy) is 3. The molecule has 0 aromatic heterocycles. The molecule has 0 spiro atoms. The smallest absolute Gasteiger partial charge is 0.282 e. The highest BCUT2D eigenvalue weighted by Crippen LogP contribution is 2.34. The van der Waals surface area contributed by atoms with Crippen molar-refractivity contribution in [3.8, 4) is 17.2 Å². The highest BCUT2D eigenvalue weighted by molar-refractivity contribution is 5.88. The number of amides is 1. The molecule has 0 aliphatic heterocycles. The molecule has 176 valence electrons. The molecule has 3 aromatic carbocycles. The zero-order valence-corrected chi connectivity index (χ0v) is 19.1. The van der Waals surface area contributed by atoms with E-state index >= 15 is 0 Å². The fourth-order valence-corrected chi connectivity index (χ4v) is 3.02. The van der Waals surface area contributed by atoms with Gasteiger partial charge in [0, 0.05) is 0 Å². The molecule has 34 heavy (non-hydrogen) atoms. The van der Waals surface area contributed by atoms with Crippen molar-refractivity contribution in [3.63, 3.8) is 0 Å². The van der Waals surface area contributed by atoms with Crippen molar-refractivity contribution in [2.24, 2.45) is 5.10 Å². The largest absolute Gasteiger partial charge is 0.493 e. The number of nitro benzene ring substituents is 1. The molecule has 3 aromatic rings. The Morgan fingerprint density at radius 2 is 1.79 bits per heavy atom. The van der Waals surface area contributed by atoms with Gasteiger partial charge in [-0.3, -0.25) is 14.9 Å². The number of carbonyl (C=O) groups is 1. The zero-order valence-electron chi connectivity index (χ0n) is 19.1. The van der Waals surface area contributed by atoms with E-state index in [2.05, 4.69) is 10.5 Å². The van der Waals surface area contributed by atoms with Gasteiger partial charge in [-0.05, 0) is 37.1 Å². The van der Waals surface area contributed by atoms with Gasteiger partial charge in [-0.2, -0.15) is 5.10 Å². The highest BCUT2D eigenvalue weighted by Gasteiger charge is 2.20. The van der Waals surface area contributed by atoms with Crippen LogP contribution in [-0.2, 0) is 11.4 Å². The van der Waals surface area contributed by atoms with Crippen LogP contribution in [0.15, 0.2) is 71.8 Å². The number of rotatable bonds is 10. The Balaban J connectivity index is 1.71. The number of aryl methyl sites for hydroxylation is 1. The Labute approximate surface area is 197 Å². The third-order valence-electron chi connectivity index (χ3n) is 4.89. The Morgan fingerprint density at radius 1 is 1.09 bits per heavy atom. The molecular formula is C25H25N3O6. The molecule has 1 atom stereocenters. The fourth-order valence-electron chi connectivity index (χ4n) is 3.02. The molecule has 0 bridgehead atoms. The van der Waals surface area contributed by atoms with Crippen LogP contribution in [-0.4, -0.2) is 30.3 Å². The Bertz CT molecular complexity index is 1180. The molecule has 1 unspecified atom stereocenters. The Kier molecular flexibility index (Phi) is 8.17. The van der Waals surface area contributed by atoms with E-state index in [-0.39, 0.29) is 23.6 Å². The van der Waals surface area contributed by atoms with Crippen LogP contribution in [0.4, 0.5) is 5.69 Å². The van der Waals surface area contributed by atoms with E-state index in [4.69, 9.17) is 14.2 Å². The molecule has 0 heterocycles. The van der Waals surface area contributed by atoms with Crippen LogP contribution in [0.25, 0.3) is 0 Å². The first kappa shape index (κ1) is 24.2. The molecular weight excluding hydrogens is 438 g/mol. The number of nitro groups is 1. The van der Waals surface area contributed by atoms with E-state index in [1.165, 1.54) is 25.5 Å². The first-order chi connectivity index (χ1) is 16.4. The van der Waals surface area contributed by atoms with Gasteiger partial charge in [-0.15, -0.1) is 0 Å². The zero-order chi connectivity index (χ0) is 24.5. The fraction of sp³-hybridized carbons (Fsp3) is 0.200. The summed E-state index contributed by atoms with van der Waals surface area (Å²) in [4.78, 5) is 23.4. The minimum absolute atomic E-state index is 0.140. The monoisotopic (exact) mass is 463 g/mol. The van der Waals surface area contributed by atoms with Gasteiger partial charge in [0.2, 0.25) is 0 Å². The predicted molar refractivity (Wildman–Crippen MR) is 127 cm³/mol. The van der Waals surface area contributed by atoms with E-state index in [1.54, 1.807) is 13.0 Å². The third-order valence-corrected chi connectivity index (χ3v) is 4.89. The molecule has 0 saturated carbocycles. The maximum atomic E-state index is 12.3. The topological polar surface area (TPSA) is 112 Å². The summed E-state index contributed by atoms with van der Waals surface area (Å²) in [6, 6.07) is 19.4. The summed E-state index contributed by atoms with van der Waals surface area (Å²) in [6.45, 7) is 3.68. The number of benzene rings is 3. The second-order valence-electron chi connectivity index (χ2n) is 7.35. The van der Waals surface area contributed by atoms with E-state index in [1.807, 2.05) is 55.5 Å². The second-order valence-corrected chi connectivity index (χ2v) is 7.35. The lowest BCUT2D eigenvalue weighted by Crippen LogP contribution is -2.33. The summed E-state index contributed by atoms with van der Waals surface area (Å²) >= 11 is 0. The summed E-state index contributed by atoms with van der Waals surface area (Å²) in [5.74, 6) is 0.600. The number of nitrogens with zero attached hydrogens (tertiary/aromatic N) is 2. The normalized spacial score (nSPS) is 11.6. The van der Waals surface area contributed by atoms with E-state index in [9.17, 15) is 14.9 Å².